The van der Waals surface area contributed by atoms with Crippen molar-refractivity contribution in [1.82, 2.24) is 10.3 Å². The van der Waals surface area contributed by atoms with Gasteiger partial charge in [-0.05, 0) is 37.6 Å². The van der Waals surface area contributed by atoms with Crippen LogP contribution in [0.5, 0.6) is 0 Å². The Hall–Kier alpha value is -1.14. The number of carbonyl (C=O) groups is 1. The zero-order chi connectivity index (χ0) is 15.4. The lowest BCUT2D eigenvalue weighted by molar-refractivity contribution is -0.120. The number of amides is 1. The summed E-state index contributed by atoms with van der Waals surface area (Å²) in [7, 11) is 0. The number of aromatic nitrogens is 1. The maximum atomic E-state index is 12.2. The Bertz CT molecular complexity index is 656. The molecule has 7 heteroatoms. The molecule has 0 bridgehead atoms. The van der Waals surface area contributed by atoms with Crippen molar-refractivity contribution in [3.8, 4) is 0 Å². The van der Waals surface area contributed by atoms with Crippen molar-refractivity contribution in [1.29, 1.82) is 0 Å². The number of nitrogens with one attached hydrogen (secondary N) is 2. The number of hydrogen-bond acceptors (Lipinski definition) is 4. The first-order valence-corrected chi connectivity index (χ1v) is 8.61. The van der Waals surface area contributed by atoms with Crippen LogP contribution in [-0.4, -0.2) is 24.0 Å². The summed E-state index contributed by atoms with van der Waals surface area (Å²) in [5.74, 6) is 0.178. The molecule has 1 aliphatic rings. The van der Waals surface area contributed by atoms with Crippen molar-refractivity contribution in [2.75, 3.05) is 18.4 Å². The monoisotopic (exact) mass is 371 g/mol. The molecule has 4 nitrogen and oxygen atoms in total. The van der Waals surface area contributed by atoms with Crippen molar-refractivity contribution in [3.63, 3.8) is 0 Å². The molecule has 23 heavy (non-hydrogen) atoms. The Balaban J connectivity index is 0.00000192. The van der Waals surface area contributed by atoms with Crippen LogP contribution in [0.25, 0.3) is 0 Å². The third-order valence-electron chi connectivity index (χ3n) is 3.82. The first-order valence-electron chi connectivity index (χ1n) is 7.42. The number of halogens is 2. The third-order valence-corrected chi connectivity index (χ3v) is 5.10. The van der Waals surface area contributed by atoms with Gasteiger partial charge in [-0.25, -0.2) is 4.98 Å². The first kappa shape index (κ1) is 18.2. The molecule has 1 saturated heterocycles. The molecule has 1 aromatic heterocycles. The fourth-order valence-corrected chi connectivity index (χ4v) is 3.61. The molecule has 1 aliphatic heterocycles. The van der Waals surface area contributed by atoms with Crippen LogP contribution in [0.15, 0.2) is 30.5 Å². The first-order chi connectivity index (χ1) is 10.7. The molecule has 2 heterocycles. The molecule has 0 radical (unpaired) electrons. The highest BCUT2D eigenvalue weighted by Crippen LogP contribution is 2.25. The Morgan fingerprint density at radius 1 is 1.35 bits per heavy atom. The summed E-state index contributed by atoms with van der Waals surface area (Å²) >= 11 is 7.69. The largest absolute Gasteiger partial charge is 0.317 e. The van der Waals surface area contributed by atoms with E-state index in [1.165, 1.54) is 11.3 Å². The molecule has 0 atom stereocenters. The smallest absolute Gasteiger partial charge is 0.229 e. The maximum Gasteiger partial charge on any atom is 0.229 e. The van der Waals surface area contributed by atoms with Gasteiger partial charge >= 0.3 is 0 Å². The Labute approximate surface area is 151 Å². The SMILES string of the molecule is Cl.O=C(Nc1ncc(Cc2ccccc2Cl)s1)C1CCNCC1. The van der Waals surface area contributed by atoms with Gasteiger partial charge in [-0.2, -0.15) is 0 Å². The molecule has 2 N–H and O–H groups in total. The predicted octanol–water partition coefficient (Wildman–Crippen LogP) is 3.75. The van der Waals surface area contributed by atoms with E-state index in [4.69, 9.17) is 11.6 Å². The number of nitrogens with zero attached hydrogens (tertiary/aromatic N) is 1. The summed E-state index contributed by atoms with van der Waals surface area (Å²) in [5.41, 5.74) is 1.07. The molecule has 2 aromatic rings. The molecule has 0 saturated carbocycles. The number of benzene rings is 1. The maximum absolute atomic E-state index is 12.2. The second-order valence-corrected chi connectivity index (χ2v) is 6.94. The van der Waals surface area contributed by atoms with Crippen molar-refractivity contribution < 1.29 is 4.79 Å². The molecule has 0 spiro atoms. The number of hydrogen-bond donors (Lipinski definition) is 2. The van der Waals surface area contributed by atoms with E-state index in [2.05, 4.69) is 15.6 Å². The molecular formula is C16H19Cl2N3OS. The number of carbonyl (C=O) groups excluding carboxylic acids is 1. The van der Waals surface area contributed by atoms with Crippen LogP contribution < -0.4 is 10.6 Å². The molecule has 0 unspecified atom stereocenters. The molecule has 1 aromatic carbocycles. The molecule has 0 aliphatic carbocycles. The number of thiazole rings is 1. The number of anilines is 1. The van der Waals surface area contributed by atoms with Crippen molar-refractivity contribution >= 4 is 46.4 Å². The van der Waals surface area contributed by atoms with Gasteiger partial charge in [0.1, 0.15) is 0 Å². The highest BCUT2D eigenvalue weighted by molar-refractivity contribution is 7.15. The van der Waals surface area contributed by atoms with Crippen molar-refractivity contribution in [2.24, 2.45) is 5.92 Å². The van der Waals surface area contributed by atoms with Gasteiger partial charge in [0.05, 0.1) is 0 Å². The highest BCUT2D eigenvalue weighted by atomic mass is 35.5. The van der Waals surface area contributed by atoms with Gasteiger partial charge in [-0.15, -0.1) is 23.7 Å². The Morgan fingerprint density at radius 3 is 2.83 bits per heavy atom. The summed E-state index contributed by atoms with van der Waals surface area (Å²) in [6.45, 7) is 1.82. The minimum atomic E-state index is 0. The van der Waals surface area contributed by atoms with E-state index in [-0.39, 0.29) is 24.2 Å². The van der Waals surface area contributed by atoms with Crippen molar-refractivity contribution in [2.45, 2.75) is 19.3 Å². The predicted molar refractivity (Wildman–Crippen MR) is 97.8 cm³/mol. The van der Waals surface area contributed by atoms with Crippen LogP contribution in [0, 0.1) is 5.92 Å². The summed E-state index contributed by atoms with van der Waals surface area (Å²) in [6, 6.07) is 7.79. The van der Waals surface area contributed by atoms with Gasteiger partial charge < -0.3 is 10.6 Å². The van der Waals surface area contributed by atoms with Gasteiger partial charge in [-0.1, -0.05) is 29.8 Å². The number of rotatable bonds is 4. The van der Waals surface area contributed by atoms with Crippen LogP contribution in [0.2, 0.25) is 5.02 Å². The van der Waals surface area contributed by atoms with Gasteiger partial charge in [0, 0.05) is 28.4 Å². The summed E-state index contributed by atoms with van der Waals surface area (Å²) in [6.07, 6.45) is 4.33. The van der Waals surface area contributed by atoms with Crippen LogP contribution in [0.1, 0.15) is 23.3 Å². The quantitative estimate of drug-likeness (QED) is 0.860. The topological polar surface area (TPSA) is 54.0 Å². The summed E-state index contributed by atoms with van der Waals surface area (Å²) < 4.78 is 0. The van der Waals surface area contributed by atoms with Crippen molar-refractivity contribution in [3.05, 3.63) is 45.9 Å². The lowest BCUT2D eigenvalue weighted by Gasteiger charge is -2.20. The standard InChI is InChI=1S/C16H18ClN3OS.ClH/c17-14-4-2-1-3-12(14)9-13-10-19-16(22-13)20-15(21)11-5-7-18-8-6-11;/h1-4,10-11,18H,5-9H2,(H,19,20,21);1H. The third kappa shape index (κ3) is 4.91. The summed E-state index contributed by atoms with van der Waals surface area (Å²) in [5, 5.41) is 7.64. The Morgan fingerprint density at radius 2 is 2.09 bits per heavy atom. The van der Waals surface area contributed by atoms with Crippen LogP contribution in [-0.2, 0) is 11.2 Å². The lowest BCUT2D eigenvalue weighted by atomic mass is 9.97. The molecule has 3 rings (SSSR count). The second-order valence-electron chi connectivity index (χ2n) is 5.41. The van der Waals surface area contributed by atoms with Gasteiger partial charge in [0.15, 0.2) is 5.13 Å². The zero-order valence-corrected chi connectivity index (χ0v) is 14.9. The average molecular weight is 372 g/mol. The van der Waals surface area contributed by atoms with E-state index in [9.17, 15) is 4.79 Å². The fraction of sp³-hybridized carbons (Fsp3) is 0.375. The van der Waals surface area contributed by atoms with Gasteiger partial charge in [0.25, 0.3) is 0 Å². The van der Waals surface area contributed by atoms with Gasteiger partial charge in [0.2, 0.25) is 5.91 Å². The molecule has 1 amide bonds. The highest BCUT2D eigenvalue weighted by Gasteiger charge is 2.21. The van der Waals surface area contributed by atoms with E-state index >= 15 is 0 Å². The van der Waals surface area contributed by atoms with E-state index in [1.807, 2.05) is 30.5 Å². The minimum Gasteiger partial charge on any atom is -0.317 e. The Kier molecular flexibility index (Phi) is 6.84. The van der Waals surface area contributed by atoms with Crippen LogP contribution >= 0.6 is 35.3 Å². The van der Waals surface area contributed by atoms with E-state index in [0.29, 0.717) is 5.13 Å². The van der Waals surface area contributed by atoms with E-state index in [0.717, 1.165) is 47.8 Å². The zero-order valence-electron chi connectivity index (χ0n) is 12.5. The normalized spacial score (nSPS) is 15.0. The van der Waals surface area contributed by atoms with E-state index < -0.39 is 0 Å². The van der Waals surface area contributed by atoms with E-state index in [1.54, 1.807) is 0 Å². The summed E-state index contributed by atoms with van der Waals surface area (Å²) in [4.78, 5) is 17.6. The van der Waals surface area contributed by atoms with Crippen LogP contribution in [0.4, 0.5) is 5.13 Å². The average Bonchev–Trinajstić information content (AvgIpc) is 2.97. The number of piperidine rings is 1. The fourth-order valence-electron chi connectivity index (χ4n) is 2.57. The lowest BCUT2D eigenvalue weighted by Crippen LogP contribution is -2.34. The van der Waals surface area contributed by atoms with Crippen LogP contribution in [0.3, 0.4) is 0 Å². The van der Waals surface area contributed by atoms with Gasteiger partial charge in [-0.3, -0.25) is 4.79 Å². The molecule has 124 valence electrons. The minimum absolute atomic E-state index is 0. The second kappa shape index (κ2) is 8.64. The molecule has 1 fully saturated rings. The molecular weight excluding hydrogens is 353 g/mol.